The van der Waals surface area contributed by atoms with Gasteiger partial charge >= 0.3 is 0 Å². The number of likely N-dealkylation sites (tertiary alicyclic amines) is 1. The fourth-order valence-corrected chi connectivity index (χ4v) is 3.32. The van der Waals surface area contributed by atoms with Crippen molar-refractivity contribution in [2.24, 2.45) is 0 Å². The van der Waals surface area contributed by atoms with Crippen LogP contribution in [0.25, 0.3) is 0 Å². The van der Waals surface area contributed by atoms with Gasteiger partial charge in [-0.15, -0.1) is 13.2 Å². The molecule has 2 rings (SSSR count). The third-order valence-corrected chi connectivity index (χ3v) is 4.61. The summed E-state index contributed by atoms with van der Waals surface area (Å²) in [5.41, 5.74) is 0. The zero-order valence-electron chi connectivity index (χ0n) is 14.5. The molecule has 2 heterocycles. The summed E-state index contributed by atoms with van der Waals surface area (Å²) < 4.78 is 5.33. The number of hydrogen-bond donors (Lipinski definition) is 0. The Bertz CT molecular complexity index is 450. The van der Waals surface area contributed by atoms with Gasteiger partial charge in [0.05, 0.1) is 25.8 Å². The average molecular weight is 335 g/mol. The summed E-state index contributed by atoms with van der Waals surface area (Å²) in [6.45, 7) is 12.0. The number of hydrogen-bond acceptors (Lipinski definition) is 4. The minimum atomic E-state index is -0.185. The summed E-state index contributed by atoms with van der Waals surface area (Å²) in [6.07, 6.45) is 6.33. The molecular formula is C18H29N3O3. The summed E-state index contributed by atoms with van der Waals surface area (Å²) in [5, 5.41) is 0. The summed E-state index contributed by atoms with van der Waals surface area (Å²) in [6, 6.07) is -0.185. The van der Waals surface area contributed by atoms with Gasteiger partial charge in [-0.1, -0.05) is 18.6 Å². The molecule has 2 amide bonds. The summed E-state index contributed by atoms with van der Waals surface area (Å²) in [4.78, 5) is 31.1. The fraction of sp³-hybridized carbons (Fsp3) is 0.667. The van der Waals surface area contributed by atoms with Crippen molar-refractivity contribution in [2.75, 3.05) is 52.5 Å². The lowest BCUT2D eigenvalue weighted by molar-refractivity contribution is -0.144. The lowest BCUT2D eigenvalue weighted by Gasteiger charge is -2.39. The van der Waals surface area contributed by atoms with E-state index in [9.17, 15) is 9.59 Å². The zero-order chi connectivity index (χ0) is 17.4. The first-order chi connectivity index (χ1) is 11.7. The van der Waals surface area contributed by atoms with Gasteiger partial charge in [0, 0.05) is 26.2 Å². The molecule has 0 spiro atoms. The van der Waals surface area contributed by atoms with Crippen LogP contribution in [0.15, 0.2) is 25.3 Å². The first kappa shape index (κ1) is 18.7. The molecule has 2 aliphatic rings. The Morgan fingerprint density at radius 1 is 1.08 bits per heavy atom. The molecule has 0 aromatic heterocycles. The predicted molar refractivity (Wildman–Crippen MR) is 93.6 cm³/mol. The van der Waals surface area contributed by atoms with Crippen molar-refractivity contribution in [3.05, 3.63) is 25.3 Å². The van der Waals surface area contributed by atoms with Gasteiger partial charge in [0.2, 0.25) is 11.8 Å². The lowest BCUT2D eigenvalue weighted by atomic mass is 10.0. The molecule has 134 valence electrons. The Kier molecular flexibility index (Phi) is 7.46. The van der Waals surface area contributed by atoms with Crippen molar-refractivity contribution in [3.63, 3.8) is 0 Å². The quantitative estimate of drug-likeness (QED) is 0.649. The lowest BCUT2D eigenvalue weighted by Crippen LogP contribution is -2.55. The van der Waals surface area contributed by atoms with E-state index in [0.717, 1.165) is 25.8 Å². The SMILES string of the molecule is C=CCN(CC=C)C(=O)CN1CCCCC1C(=O)N1CCOCC1. The smallest absolute Gasteiger partial charge is 0.240 e. The normalized spacial score (nSPS) is 22.0. The number of nitrogens with zero attached hydrogens (tertiary/aromatic N) is 3. The molecule has 1 unspecified atom stereocenters. The molecule has 0 aliphatic carbocycles. The topological polar surface area (TPSA) is 53.1 Å². The predicted octanol–water partition coefficient (Wildman–Crippen LogP) is 0.900. The molecule has 0 radical (unpaired) electrons. The van der Waals surface area contributed by atoms with Crippen molar-refractivity contribution in [3.8, 4) is 0 Å². The summed E-state index contributed by atoms with van der Waals surface area (Å²) >= 11 is 0. The van der Waals surface area contributed by atoms with Gasteiger partial charge in [-0.3, -0.25) is 14.5 Å². The van der Waals surface area contributed by atoms with E-state index in [1.54, 1.807) is 17.1 Å². The highest BCUT2D eigenvalue weighted by molar-refractivity contribution is 5.84. The molecule has 0 aromatic carbocycles. The number of morpholine rings is 1. The second-order valence-corrected chi connectivity index (χ2v) is 6.30. The van der Waals surface area contributed by atoms with Gasteiger partial charge in [0.1, 0.15) is 0 Å². The van der Waals surface area contributed by atoms with Crippen LogP contribution >= 0.6 is 0 Å². The maximum Gasteiger partial charge on any atom is 0.240 e. The van der Waals surface area contributed by atoms with Crippen LogP contribution in [0.3, 0.4) is 0 Å². The van der Waals surface area contributed by atoms with Gasteiger partial charge < -0.3 is 14.5 Å². The van der Waals surface area contributed by atoms with E-state index in [0.29, 0.717) is 39.4 Å². The van der Waals surface area contributed by atoms with Crippen LogP contribution in [0.1, 0.15) is 19.3 Å². The third-order valence-electron chi connectivity index (χ3n) is 4.61. The van der Waals surface area contributed by atoms with Crippen LogP contribution < -0.4 is 0 Å². The molecular weight excluding hydrogens is 306 g/mol. The van der Waals surface area contributed by atoms with Crippen LogP contribution in [0.4, 0.5) is 0 Å². The van der Waals surface area contributed by atoms with Crippen molar-refractivity contribution in [2.45, 2.75) is 25.3 Å². The van der Waals surface area contributed by atoms with Crippen molar-refractivity contribution < 1.29 is 14.3 Å². The highest BCUT2D eigenvalue weighted by Crippen LogP contribution is 2.19. The largest absolute Gasteiger partial charge is 0.378 e. The number of ether oxygens (including phenoxy) is 1. The van der Waals surface area contributed by atoms with E-state index in [1.807, 2.05) is 9.80 Å². The molecule has 0 aromatic rings. The Labute approximate surface area is 144 Å². The molecule has 2 fully saturated rings. The minimum absolute atomic E-state index is 0.0245. The molecule has 0 N–H and O–H groups in total. The Morgan fingerprint density at radius 2 is 1.75 bits per heavy atom. The van der Waals surface area contributed by atoms with Gasteiger partial charge in [0.25, 0.3) is 0 Å². The minimum Gasteiger partial charge on any atom is -0.378 e. The van der Waals surface area contributed by atoms with E-state index < -0.39 is 0 Å². The van der Waals surface area contributed by atoms with Crippen LogP contribution in [0.2, 0.25) is 0 Å². The van der Waals surface area contributed by atoms with E-state index in [-0.39, 0.29) is 24.4 Å². The molecule has 2 saturated heterocycles. The highest BCUT2D eigenvalue weighted by Gasteiger charge is 2.34. The van der Waals surface area contributed by atoms with Gasteiger partial charge in [-0.2, -0.15) is 0 Å². The monoisotopic (exact) mass is 335 g/mol. The Hall–Kier alpha value is -1.66. The number of rotatable bonds is 7. The Balaban J connectivity index is 1.99. The zero-order valence-corrected chi connectivity index (χ0v) is 14.5. The number of piperidine rings is 1. The molecule has 6 heteroatoms. The van der Waals surface area contributed by atoms with Gasteiger partial charge in [0.15, 0.2) is 0 Å². The van der Waals surface area contributed by atoms with E-state index in [2.05, 4.69) is 13.2 Å². The number of carbonyl (C=O) groups excluding carboxylic acids is 2. The molecule has 0 saturated carbocycles. The van der Waals surface area contributed by atoms with Crippen molar-refractivity contribution in [1.82, 2.24) is 14.7 Å². The second-order valence-electron chi connectivity index (χ2n) is 6.30. The molecule has 24 heavy (non-hydrogen) atoms. The number of carbonyl (C=O) groups is 2. The Morgan fingerprint density at radius 3 is 2.38 bits per heavy atom. The van der Waals surface area contributed by atoms with Gasteiger partial charge in [-0.05, 0) is 19.4 Å². The van der Waals surface area contributed by atoms with Gasteiger partial charge in [-0.25, -0.2) is 0 Å². The van der Waals surface area contributed by atoms with Crippen LogP contribution in [0.5, 0.6) is 0 Å². The van der Waals surface area contributed by atoms with Crippen LogP contribution in [-0.2, 0) is 14.3 Å². The first-order valence-electron chi connectivity index (χ1n) is 8.77. The van der Waals surface area contributed by atoms with Crippen LogP contribution in [-0.4, -0.2) is 85.0 Å². The maximum absolute atomic E-state index is 12.8. The third kappa shape index (κ3) is 4.92. The summed E-state index contributed by atoms with van der Waals surface area (Å²) in [7, 11) is 0. The maximum atomic E-state index is 12.8. The molecule has 1 atom stereocenters. The second kappa shape index (κ2) is 9.59. The molecule has 6 nitrogen and oxygen atoms in total. The highest BCUT2D eigenvalue weighted by atomic mass is 16.5. The van der Waals surface area contributed by atoms with E-state index >= 15 is 0 Å². The molecule has 2 aliphatic heterocycles. The summed E-state index contributed by atoms with van der Waals surface area (Å²) in [5.74, 6) is 0.168. The standard InChI is InChI=1S/C18H29N3O3/c1-3-8-19(9-4-2)17(22)15-21-10-6-5-7-16(21)18(23)20-11-13-24-14-12-20/h3-4,16H,1-2,5-15H2. The van der Waals surface area contributed by atoms with Crippen molar-refractivity contribution >= 4 is 11.8 Å². The fourth-order valence-electron chi connectivity index (χ4n) is 3.32. The molecule has 0 bridgehead atoms. The van der Waals surface area contributed by atoms with Crippen molar-refractivity contribution in [1.29, 1.82) is 0 Å². The van der Waals surface area contributed by atoms with E-state index in [1.165, 1.54) is 0 Å². The first-order valence-corrected chi connectivity index (χ1v) is 8.77. The van der Waals surface area contributed by atoms with E-state index in [4.69, 9.17) is 4.74 Å². The van der Waals surface area contributed by atoms with Crippen LogP contribution in [0, 0.1) is 0 Å². The average Bonchev–Trinajstić information content (AvgIpc) is 2.62. The number of amides is 2.